The maximum atomic E-state index is 12.4. The van der Waals surface area contributed by atoms with Crippen LogP contribution in [0.4, 0.5) is 0 Å². The second kappa shape index (κ2) is 9.38. The first-order chi connectivity index (χ1) is 13.5. The molecule has 1 N–H and O–H groups in total. The predicted octanol–water partition coefficient (Wildman–Crippen LogP) is 4.59. The standard InChI is InChI=1S/C20H13Br2N3O3/c21-16-9-15(12-24-25-19(26)14-7-4-8-23-11-14)18(17(22)10-16)28-20(27)13-5-2-1-3-6-13/h1-12H,(H,25,26)/b24-12+. The first-order valence-electron chi connectivity index (χ1n) is 8.04. The van der Waals surface area contributed by atoms with Crippen LogP contribution in [0.5, 0.6) is 5.75 Å². The molecule has 1 aromatic heterocycles. The Morgan fingerprint density at radius 1 is 1.04 bits per heavy atom. The molecule has 8 heteroatoms. The second-order valence-electron chi connectivity index (χ2n) is 5.50. The number of hydrogen-bond acceptors (Lipinski definition) is 5. The van der Waals surface area contributed by atoms with E-state index in [1.807, 2.05) is 6.07 Å². The van der Waals surface area contributed by atoms with Gasteiger partial charge in [0.15, 0.2) is 5.75 Å². The lowest BCUT2D eigenvalue weighted by Crippen LogP contribution is -2.18. The van der Waals surface area contributed by atoms with Crippen molar-refractivity contribution in [1.82, 2.24) is 10.4 Å². The number of ether oxygens (including phenoxy) is 1. The summed E-state index contributed by atoms with van der Waals surface area (Å²) in [5.41, 5.74) is 3.72. The summed E-state index contributed by atoms with van der Waals surface area (Å²) in [5.74, 6) is -0.615. The van der Waals surface area contributed by atoms with Crippen molar-refractivity contribution in [2.24, 2.45) is 5.10 Å². The molecule has 0 spiro atoms. The monoisotopic (exact) mass is 501 g/mol. The summed E-state index contributed by atoms with van der Waals surface area (Å²) in [7, 11) is 0. The largest absolute Gasteiger partial charge is 0.421 e. The lowest BCUT2D eigenvalue weighted by molar-refractivity contribution is 0.0733. The number of nitrogens with one attached hydrogen (secondary N) is 1. The molecule has 0 radical (unpaired) electrons. The van der Waals surface area contributed by atoms with Crippen LogP contribution in [0.15, 0.2) is 81.0 Å². The lowest BCUT2D eigenvalue weighted by atomic mass is 10.2. The van der Waals surface area contributed by atoms with Crippen molar-refractivity contribution in [3.63, 3.8) is 0 Å². The normalized spacial score (nSPS) is 10.6. The number of nitrogens with zero attached hydrogens (tertiary/aromatic N) is 2. The van der Waals surface area contributed by atoms with Crippen molar-refractivity contribution in [2.45, 2.75) is 0 Å². The Bertz CT molecular complexity index is 1030. The van der Waals surface area contributed by atoms with E-state index in [1.165, 1.54) is 12.4 Å². The molecule has 0 fully saturated rings. The molecule has 28 heavy (non-hydrogen) atoms. The van der Waals surface area contributed by atoms with Crippen LogP contribution in [0.25, 0.3) is 0 Å². The quantitative estimate of drug-likeness (QED) is 0.239. The van der Waals surface area contributed by atoms with E-state index in [9.17, 15) is 9.59 Å². The van der Waals surface area contributed by atoms with Gasteiger partial charge in [-0.15, -0.1) is 0 Å². The average Bonchev–Trinajstić information content (AvgIpc) is 2.71. The number of amides is 1. The summed E-state index contributed by atoms with van der Waals surface area (Å²) < 4.78 is 6.85. The van der Waals surface area contributed by atoms with Gasteiger partial charge in [0.25, 0.3) is 5.91 Å². The highest BCUT2D eigenvalue weighted by atomic mass is 79.9. The van der Waals surface area contributed by atoms with Crippen LogP contribution in [-0.4, -0.2) is 23.1 Å². The number of halogens is 2. The first-order valence-corrected chi connectivity index (χ1v) is 9.63. The zero-order chi connectivity index (χ0) is 19.9. The Morgan fingerprint density at radius 2 is 1.79 bits per heavy atom. The molecule has 0 aliphatic rings. The summed E-state index contributed by atoms with van der Waals surface area (Å²) in [6, 6.07) is 15.4. The van der Waals surface area contributed by atoms with Gasteiger partial charge in [-0.25, -0.2) is 10.2 Å². The Kier molecular flexibility index (Phi) is 6.67. The number of aromatic nitrogens is 1. The third-order valence-corrected chi connectivity index (χ3v) is 4.58. The predicted molar refractivity (Wildman–Crippen MR) is 113 cm³/mol. The summed E-state index contributed by atoms with van der Waals surface area (Å²) in [6.07, 6.45) is 4.41. The van der Waals surface area contributed by atoms with Gasteiger partial charge in [0, 0.05) is 22.4 Å². The molecule has 3 rings (SSSR count). The number of hydrogen-bond donors (Lipinski definition) is 1. The SMILES string of the molecule is O=C(N/N=C/c1cc(Br)cc(Br)c1OC(=O)c1ccccc1)c1cccnc1. The number of hydrazone groups is 1. The summed E-state index contributed by atoms with van der Waals surface area (Å²) in [5, 5.41) is 3.96. The minimum Gasteiger partial charge on any atom is -0.421 e. The number of carbonyl (C=O) groups is 2. The zero-order valence-corrected chi connectivity index (χ0v) is 17.5. The average molecular weight is 503 g/mol. The van der Waals surface area contributed by atoms with Crippen molar-refractivity contribution in [3.8, 4) is 5.75 Å². The van der Waals surface area contributed by atoms with E-state index in [0.29, 0.717) is 21.2 Å². The van der Waals surface area contributed by atoms with Crippen LogP contribution >= 0.6 is 31.9 Å². The fourth-order valence-corrected chi connectivity index (χ4v) is 3.57. The molecule has 0 bridgehead atoms. The summed E-state index contributed by atoms with van der Waals surface area (Å²) in [4.78, 5) is 28.3. The Balaban J connectivity index is 1.80. The van der Waals surface area contributed by atoms with Crippen LogP contribution in [0.3, 0.4) is 0 Å². The van der Waals surface area contributed by atoms with E-state index in [4.69, 9.17) is 4.74 Å². The van der Waals surface area contributed by atoms with E-state index in [-0.39, 0.29) is 5.75 Å². The van der Waals surface area contributed by atoms with Crippen LogP contribution in [-0.2, 0) is 0 Å². The van der Waals surface area contributed by atoms with E-state index in [1.54, 1.807) is 54.7 Å². The Hall–Kier alpha value is -2.84. The highest BCUT2D eigenvalue weighted by Crippen LogP contribution is 2.32. The number of rotatable bonds is 5. The number of pyridine rings is 1. The van der Waals surface area contributed by atoms with Gasteiger partial charge >= 0.3 is 5.97 Å². The molecular formula is C20H13Br2N3O3. The molecule has 0 unspecified atom stereocenters. The Labute approximate surface area is 177 Å². The third-order valence-electron chi connectivity index (χ3n) is 3.53. The number of benzene rings is 2. The molecule has 6 nitrogen and oxygen atoms in total. The molecule has 0 aliphatic carbocycles. The van der Waals surface area contributed by atoms with Crippen molar-refractivity contribution in [3.05, 3.63) is 92.6 Å². The van der Waals surface area contributed by atoms with Crippen LogP contribution in [0.1, 0.15) is 26.3 Å². The minimum absolute atomic E-state index is 0.288. The van der Waals surface area contributed by atoms with Crippen LogP contribution in [0.2, 0.25) is 0 Å². The molecule has 0 saturated heterocycles. The van der Waals surface area contributed by atoms with Gasteiger partial charge in [-0.3, -0.25) is 9.78 Å². The van der Waals surface area contributed by atoms with E-state index in [2.05, 4.69) is 47.4 Å². The Morgan fingerprint density at radius 3 is 2.50 bits per heavy atom. The van der Waals surface area contributed by atoms with Crippen LogP contribution < -0.4 is 10.2 Å². The lowest BCUT2D eigenvalue weighted by Gasteiger charge is -2.10. The van der Waals surface area contributed by atoms with Crippen molar-refractivity contribution >= 4 is 50.0 Å². The minimum atomic E-state index is -0.502. The molecule has 0 aliphatic heterocycles. The van der Waals surface area contributed by atoms with Crippen molar-refractivity contribution < 1.29 is 14.3 Å². The smallest absolute Gasteiger partial charge is 0.343 e. The van der Waals surface area contributed by atoms with Crippen molar-refractivity contribution in [1.29, 1.82) is 0 Å². The number of esters is 1. The topological polar surface area (TPSA) is 80.6 Å². The van der Waals surface area contributed by atoms with Crippen molar-refractivity contribution in [2.75, 3.05) is 0 Å². The highest BCUT2D eigenvalue weighted by molar-refractivity contribution is 9.11. The zero-order valence-electron chi connectivity index (χ0n) is 14.3. The van der Waals surface area contributed by atoms with E-state index < -0.39 is 11.9 Å². The summed E-state index contributed by atoms with van der Waals surface area (Å²) in [6.45, 7) is 0. The molecule has 1 heterocycles. The molecule has 1 amide bonds. The fourth-order valence-electron chi connectivity index (χ4n) is 2.23. The molecule has 140 valence electrons. The first kappa shape index (κ1) is 19.9. The van der Waals surface area contributed by atoms with Gasteiger partial charge in [-0.2, -0.15) is 5.10 Å². The van der Waals surface area contributed by atoms with Gasteiger partial charge < -0.3 is 4.74 Å². The van der Waals surface area contributed by atoms with E-state index >= 15 is 0 Å². The number of carbonyl (C=O) groups excluding carboxylic acids is 2. The van der Waals surface area contributed by atoms with Gasteiger partial charge in [0.05, 0.1) is 21.8 Å². The molecule has 0 saturated carbocycles. The van der Waals surface area contributed by atoms with Gasteiger partial charge in [0.2, 0.25) is 0 Å². The maximum absolute atomic E-state index is 12.4. The third kappa shape index (κ3) is 5.11. The van der Waals surface area contributed by atoms with Gasteiger partial charge in [-0.05, 0) is 52.3 Å². The van der Waals surface area contributed by atoms with E-state index in [0.717, 1.165) is 4.47 Å². The van der Waals surface area contributed by atoms with Gasteiger partial charge in [-0.1, -0.05) is 34.1 Å². The second-order valence-corrected chi connectivity index (χ2v) is 7.27. The fraction of sp³-hybridized carbons (Fsp3) is 0. The molecule has 3 aromatic rings. The maximum Gasteiger partial charge on any atom is 0.343 e. The highest BCUT2D eigenvalue weighted by Gasteiger charge is 2.15. The molecule has 2 aromatic carbocycles. The summed E-state index contributed by atoms with van der Waals surface area (Å²) >= 11 is 6.78. The molecular weight excluding hydrogens is 490 g/mol. The van der Waals surface area contributed by atoms with Crippen LogP contribution in [0, 0.1) is 0 Å². The molecule has 0 atom stereocenters. The van der Waals surface area contributed by atoms with Gasteiger partial charge in [0.1, 0.15) is 0 Å².